The molecule has 1 aliphatic heterocycles. The van der Waals surface area contributed by atoms with Crippen LogP contribution in [0.1, 0.15) is 48.5 Å². The van der Waals surface area contributed by atoms with Gasteiger partial charge in [-0.3, -0.25) is 14.5 Å². The zero-order chi connectivity index (χ0) is 20.5. The lowest BCUT2D eigenvalue weighted by atomic mass is 10.1. The Balaban J connectivity index is 1.38. The van der Waals surface area contributed by atoms with E-state index >= 15 is 0 Å². The van der Waals surface area contributed by atoms with E-state index in [1.807, 2.05) is 30.3 Å². The molecule has 0 aromatic heterocycles. The van der Waals surface area contributed by atoms with Crippen molar-refractivity contribution in [1.29, 1.82) is 0 Å². The summed E-state index contributed by atoms with van der Waals surface area (Å²) in [6.45, 7) is 5.45. The normalized spacial score (nSPS) is 16.5. The summed E-state index contributed by atoms with van der Waals surface area (Å²) in [5, 5.41) is 3.08. The summed E-state index contributed by atoms with van der Waals surface area (Å²) in [6, 6.07) is 17.7. The molecule has 1 unspecified atom stereocenters. The third kappa shape index (κ3) is 6.71. The van der Waals surface area contributed by atoms with Crippen molar-refractivity contribution in [2.75, 3.05) is 19.7 Å². The molecule has 1 N–H and O–H groups in total. The molecule has 1 amide bonds. The summed E-state index contributed by atoms with van der Waals surface area (Å²) >= 11 is 0. The monoisotopic (exact) mass is 394 g/mol. The van der Waals surface area contributed by atoms with Gasteiger partial charge in [0.1, 0.15) is 5.75 Å². The molecule has 1 atom stereocenters. The number of nitrogens with zero attached hydrogens (tertiary/aromatic N) is 1. The number of hydrogen-bond donors (Lipinski definition) is 1. The van der Waals surface area contributed by atoms with Gasteiger partial charge in [0.2, 0.25) is 5.91 Å². The molecule has 1 heterocycles. The van der Waals surface area contributed by atoms with Gasteiger partial charge in [-0.15, -0.1) is 0 Å². The number of Topliss-reactive ketones (excluding diaryl/α,β-unsaturated/α-hetero) is 1. The lowest BCUT2D eigenvalue weighted by Crippen LogP contribution is -2.37. The van der Waals surface area contributed by atoms with E-state index in [9.17, 15) is 9.59 Å². The Morgan fingerprint density at radius 1 is 1.07 bits per heavy atom. The SMILES string of the molecule is CCCOc1ccc(C(=O)CCC(=O)NC2CCN(Cc3ccccc3)C2)cc1. The van der Waals surface area contributed by atoms with E-state index in [0.29, 0.717) is 12.2 Å². The first-order chi connectivity index (χ1) is 14.1. The molecule has 0 bridgehead atoms. The number of carbonyl (C=O) groups is 2. The smallest absolute Gasteiger partial charge is 0.220 e. The Kier molecular flexibility index (Phi) is 7.82. The van der Waals surface area contributed by atoms with Crippen LogP contribution in [0.5, 0.6) is 5.75 Å². The topological polar surface area (TPSA) is 58.6 Å². The first-order valence-electron chi connectivity index (χ1n) is 10.5. The van der Waals surface area contributed by atoms with Crippen molar-refractivity contribution in [3.8, 4) is 5.75 Å². The van der Waals surface area contributed by atoms with Crippen molar-refractivity contribution in [3.63, 3.8) is 0 Å². The number of ketones is 1. The van der Waals surface area contributed by atoms with E-state index in [1.165, 1.54) is 5.56 Å². The highest BCUT2D eigenvalue weighted by Gasteiger charge is 2.24. The third-order valence-corrected chi connectivity index (χ3v) is 5.11. The number of amides is 1. The zero-order valence-corrected chi connectivity index (χ0v) is 17.1. The Morgan fingerprint density at radius 3 is 2.55 bits per heavy atom. The van der Waals surface area contributed by atoms with E-state index in [4.69, 9.17) is 4.74 Å². The van der Waals surface area contributed by atoms with Crippen molar-refractivity contribution >= 4 is 11.7 Å². The van der Waals surface area contributed by atoms with Gasteiger partial charge in [0.05, 0.1) is 6.61 Å². The van der Waals surface area contributed by atoms with Crippen molar-refractivity contribution < 1.29 is 14.3 Å². The minimum Gasteiger partial charge on any atom is -0.494 e. The molecule has 5 nitrogen and oxygen atoms in total. The molecule has 5 heteroatoms. The van der Waals surface area contributed by atoms with Crippen molar-refractivity contribution in [2.24, 2.45) is 0 Å². The molecule has 29 heavy (non-hydrogen) atoms. The van der Waals surface area contributed by atoms with Crippen LogP contribution in [0, 0.1) is 0 Å². The van der Waals surface area contributed by atoms with Gasteiger partial charge < -0.3 is 10.1 Å². The molecule has 0 aliphatic carbocycles. The maximum Gasteiger partial charge on any atom is 0.220 e. The third-order valence-electron chi connectivity index (χ3n) is 5.11. The predicted molar refractivity (Wildman–Crippen MR) is 114 cm³/mol. The fraction of sp³-hybridized carbons (Fsp3) is 0.417. The van der Waals surface area contributed by atoms with Gasteiger partial charge in [-0.25, -0.2) is 0 Å². The summed E-state index contributed by atoms with van der Waals surface area (Å²) in [7, 11) is 0. The molecule has 0 saturated carbocycles. The Labute approximate surface area is 173 Å². The summed E-state index contributed by atoms with van der Waals surface area (Å²) in [5.74, 6) is 0.703. The Morgan fingerprint density at radius 2 is 1.83 bits per heavy atom. The number of rotatable bonds is 10. The second kappa shape index (κ2) is 10.8. The average Bonchev–Trinajstić information content (AvgIpc) is 3.18. The van der Waals surface area contributed by atoms with Crippen molar-refractivity contribution in [1.82, 2.24) is 10.2 Å². The number of nitrogens with one attached hydrogen (secondary N) is 1. The van der Waals surface area contributed by atoms with Crippen molar-refractivity contribution in [2.45, 2.75) is 45.2 Å². The number of carbonyl (C=O) groups excluding carboxylic acids is 2. The van der Waals surface area contributed by atoms with Crippen LogP contribution in [0.2, 0.25) is 0 Å². The van der Waals surface area contributed by atoms with E-state index in [-0.39, 0.29) is 30.6 Å². The zero-order valence-electron chi connectivity index (χ0n) is 17.1. The number of hydrogen-bond acceptors (Lipinski definition) is 4. The molecule has 0 spiro atoms. The molecule has 2 aromatic carbocycles. The summed E-state index contributed by atoms with van der Waals surface area (Å²) in [4.78, 5) is 27.0. The fourth-order valence-electron chi connectivity index (χ4n) is 3.56. The second-order valence-electron chi connectivity index (χ2n) is 7.57. The number of likely N-dealkylation sites (tertiary alicyclic amines) is 1. The molecule has 1 aliphatic rings. The fourth-order valence-corrected chi connectivity index (χ4v) is 3.56. The van der Waals surface area contributed by atoms with Crippen LogP contribution in [-0.2, 0) is 11.3 Å². The van der Waals surface area contributed by atoms with Crippen LogP contribution in [0.4, 0.5) is 0 Å². The minimum absolute atomic E-state index is 0.0145. The van der Waals surface area contributed by atoms with E-state index in [0.717, 1.165) is 38.2 Å². The first kappa shape index (κ1) is 21.1. The highest BCUT2D eigenvalue weighted by Crippen LogP contribution is 2.16. The van der Waals surface area contributed by atoms with Gasteiger partial charge in [0, 0.05) is 44.1 Å². The largest absolute Gasteiger partial charge is 0.494 e. The lowest BCUT2D eigenvalue weighted by molar-refractivity contribution is -0.121. The molecule has 2 aromatic rings. The maximum absolute atomic E-state index is 12.3. The van der Waals surface area contributed by atoms with Crippen molar-refractivity contribution in [3.05, 3.63) is 65.7 Å². The molecule has 1 saturated heterocycles. The summed E-state index contributed by atoms with van der Waals surface area (Å²) in [5.41, 5.74) is 1.91. The molecule has 1 fully saturated rings. The van der Waals surface area contributed by atoms with Crippen LogP contribution in [-0.4, -0.2) is 42.3 Å². The standard InChI is InChI=1S/C24H30N2O3/c1-2-16-29-22-10-8-20(9-11-22)23(27)12-13-24(28)25-21-14-15-26(18-21)17-19-6-4-3-5-7-19/h3-11,21H,2,12-18H2,1H3,(H,25,28). The molecule has 154 valence electrons. The first-order valence-corrected chi connectivity index (χ1v) is 10.5. The lowest BCUT2D eigenvalue weighted by Gasteiger charge is -2.16. The van der Waals surface area contributed by atoms with Crippen LogP contribution in [0.15, 0.2) is 54.6 Å². The van der Waals surface area contributed by atoms with Gasteiger partial charge in [0.15, 0.2) is 5.78 Å². The van der Waals surface area contributed by atoms with Gasteiger partial charge >= 0.3 is 0 Å². The van der Waals surface area contributed by atoms with Gasteiger partial charge in [-0.05, 0) is 42.7 Å². The van der Waals surface area contributed by atoms with E-state index < -0.39 is 0 Å². The maximum atomic E-state index is 12.3. The van der Waals surface area contributed by atoms with E-state index in [2.05, 4.69) is 29.3 Å². The molecule has 3 rings (SSSR count). The second-order valence-corrected chi connectivity index (χ2v) is 7.57. The van der Waals surface area contributed by atoms with Gasteiger partial charge in [0.25, 0.3) is 0 Å². The predicted octanol–water partition coefficient (Wildman–Crippen LogP) is 3.83. The highest BCUT2D eigenvalue weighted by atomic mass is 16.5. The molecular formula is C24H30N2O3. The summed E-state index contributed by atoms with van der Waals surface area (Å²) < 4.78 is 5.53. The Hall–Kier alpha value is -2.66. The number of benzene rings is 2. The van der Waals surface area contributed by atoms with E-state index in [1.54, 1.807) is 12.1 Å². The van der Waals surface area contributed by atoms with Crippen LogP contribution in [0.3, 0.4) is 0 Å². The average molecular weight is 395 g/mol. The minimum atomic E-state index is -0.0483. The molecule has 0 radical (unpaired) electrons. The highest BCUT2D eigenvalue weighted by molar-refractivity contribution is 5.98. The molecular weight excluding hydrogens is 364 g/mol. The summed E-state index contributed by atoms with van der Waals surface area (Å²) in [6.07, 6.45) is 2.34. The van der Waals surface area contributed by atoms with Crippen LogP contribution in [0.25, 0.3) is 0 Å². The van der Waals surface area contributed by atoms with Crippen LogP contribution >= 0.6 is 0 Å². The Bertz CT molecular complexity index is 790. The number of ether oxygens (including phenoxy) is 1. The van der Waals surface area contributed by atoms with Crippen LogP contribution < -0.4 is 10.1 Å². The quantitative estimate of drug-likeness (QED) is 0.622. The van der Waals surface area contributed by atoms with Gasteiger partial charge in [-0.2, -0.15) is 0 Å². The van der Waals surface area contributed by atoms with Gasteiger partial charge in [-0.1, -0.05) is 37.3 Å².